The largest absolute Gasteiger partial charge is 0.601 e. The van der Waals surface area contributed by atoms with Gasteiger partial charge in [-0.05, 0) is 18.2 Å². The maximum Gasteiger partial charge on any atom is 0.506 e. The molecule has 2 heterocycles. The number of aromatic nitrogens is 2. The highest BCUT2D eigenvalue weighted by atomic mass is 35.5. The predicted molar refractivity (Wildman–Crippen MR) is 131 cm³/mol. The lowest BCUT2D eigenvalue weighted by Crippen LogP contribution is -2.35. The first-order chi connectivity index (χ1) is 17.1. The molecule has 2 aromatic rings. The van der Waals surface area contributed by atoms with E-state index >= 15 is 0 Å². The van der Waals surface area contributed by atoms with Gasteiger partial charge in [0.1, 0.15) is 24.6 Å². The molecule has 1 fully saturated rings. The molecule has 0 bridgehead atoms. The van der Waals surface area contributed by atoms with Crippen LogP contribution in [0.4, 0.5) is 10.6 Å². The molecule has 1 aliphatic heterocycles. The number of carbonyl (C=O) groups is 1. The zero-order chi connectivity index (χ0) is 26.2. The summed E-state index contributed by atoms with van der Waals surface area (Å²) in [5.74, 6) is 0.676. The molecule has 0 saturated carbocycles. The highest BCUT2D eigenvalue weighted by Gasteiger charge is 2.45. The van der Waals surface area contributed by atoms with Crippen LogP contribution in [-0.4, -0.2) is 63.4 Å². The summed E-state index contributed by atoms with van der Waals surface area (Å²) >= 11 is 5.94. The number of carboxylic acid groups (broad SMARTS) is 1. The first kappa shape index (κ1) is 28.0. The molecule has 5 N–H and O–H groups in total. The van der Waals surface area contributed by atoms with Crippen LogP contribution in [0.3, 0.4) is 0 Å². The predicted octanol–water partition coefficient (Wildman–Crippen LogP) is 1.27. The van der Waals surface area contributed by atoms with Gasteiger partial charge < -0.3 is 35.1 Å². The molecule has 1 aromatic carbocycles. The average molecular weight is 545 g/mol. The minimum absolute atomic E-state index is 0.0594. The van der Waals surface area contributed by atoms with Crippen LogP contribution in [0.2, 0.25) is 5.02 Å². The summed E-state index contributed by atoms with van der Waals surface area (Å²) in [6.45, 7) is 1.75. The number of anilines is 1. The van der Waals surface area contributed by atoms with E-state index in [0.717, 1.165) is 11.5 Å². The van der Waals surface area contributed by atoms with Crippen molar-refractivity contribution in [1.29, 1.82) is 0 Å². The Morgan fingerprint density at radius 1 is 1.44 bits per heavy atom. The quantitative estimate of drug-likeness (QED) is 0.237. The van der Waals surface area contributed by atoms with E-state index in [1.165, 1.54) is 16.8 Å². The van der Waals surface area contributed by atoms with Gasteiger partial charge in [-0.1, -0.05) is 30.7 Å². The van der Waals surface area contributed by atoms with Gasteiger partial charge in [0.2, 0.25) is 14.0 Å². The Kier molecular flexibility index (Phi) is 10.2. The molecule has 0 aliphatic carbocycles. The fourth-order valence-corrected chi connectivity index (χ4v) is 4.53. The highest BCUT2D eigenvalue weighted by molar-refractivity contribution is 7.44. The molecular weight excluding hydrogens is 517 g/mol. The molecule has 36 heavy (non-hydrogen) atoms. The van der Waals surface area contributed by atoms with Crippen LogP contribution < -0.4 is 16.3 Å². The highest BCUT2D eigenvalue weighted by Crippen LogP contribution is 2.31. The van der Waals surface area contributed by atoms with Gasteiger partial charge in [-0.25, -0.2) is 9.59 Å². The van der Waals surface area contributed by atoms with E-state index in [1.807, 2.05) is 0 Å². The lowest BCUT2D eigenvalue weighted by atomic mass is 9.98. The third-order valence-electron chi connectivity index (χ3n) is 5.63. The van der Waals surface area contributed by atoms with E-state index in [1.54, 1.807) is 31.2 Å². The van der Waals surface area contributed by atoms with Gasteiger partial charge in [-0.15, -0.1) is 0 Å². The van der Waals surface area contributed by atoms with Crippen molar-refractivity contribution >= 4 is 37.6 Å². The SMILES string of the molecule is C[C@@H]1C(Cn2ccc(N)nc2=O)O[C@H](COC=[P+]([O-])OCC[C@H]([OH2+])c2cccc(Cl)c2)[C@H]1OC(=O)O. The topological polar surface area (TPSA) is 181 Å². The number of nitrogen functional groups attached to an aromatic ring is 1. The zero-order valence-corrected chi connectivity index (χ0v) is 21.0. The van der Waals surface area contributed by atoms with Crippen molar-refractivity contribution in [3.05, 3.63) is 57.6 Å². The van der Waals surface area contributed by atoms with Gasteiger partial charge in [0.25, 0.3) is 0 Å². The number of halogens is 1. The first-order valence-corrected chi connectivity index (χ1v) is 12.6. The molecule has 2 unspecified atom stereocenters. The van der Waals surface area contributed by atoms with Crippen LogP contribution in [-0.2, 0) is 25.3 Å². The number of rotatable bonds is 11. The van der Waals surface area contributed by atoms with E-state index < -0.39 is 50.2 Å². The first-order valence-electron chi connectivity index (χ1n) is 11.0. The van der Waals surface area contributed by atoms with Crippen molar-refractivity contribution in [3.8, 4) is 0 Å². The monoisotopic (exact) mass is 544 g/mol. The Hall–Kier alpha value is -2.57. The van der Waals surface area contributed by atoms with E-state index in [0.29, 0.717) is 11.4 Å². The lowest BCUT2D eigenvalue weighted by molar-refractivity contribution is -0.173. The summed E-state index contributed by atoms with van der Waals surface area (Å²) in [5.41, 5.74) is 5.67. The van der Waals surface area contributed by atoms with Crippen LogP contribution in [0.1, 0.15) is 25.0 Å². The minimum Gasteiger partial charge on any atom is -0.601 e. The average Bonchev–Trinajstić information content (AvgIpc) is 3.09. The fourth-order valence-electron chi connectivity index (χ4n) is 3.77. The minimum atomic E-state index is -2.29. The Morgan fingerprint density at radius 3 is 2.92 bits per heavy atom. The molecule has 0 amide bonds. The molecule has 6 atom stereocenters. The molecule has 14 heteroatoms. The fraction of sp³-hybridized carbons (Fsp3) is 0.455. The number of nitrogens with zero attached hydrogens (tertiary/aromatic N) is 2. The number of ether oxygens (including phenoxy) is 3. The second-order valence-corrected chi connectivity index (χ2v) is 9.64. The maximum absolute atomic E-state index is 12.1. The van der Waals surface area contributed by atoms with E-state index in [2.05, 4.69) is 4.98 Å². The van der Waals surface area contributed by atoms with E-state index in [-0.39, 0.29) is 25.6 Å². The molecule has 0 radical (unpaired) electrons. The van der Waals surface area contributed by atoms with Crippen LogP contribution >= 0.6 is 19.6 Å². The van der Waals surface area contributed by atoms with Crippen LogP contribution in [0.5, 0.6) is 0 Å². The number of hydrogen-bond acceptors (Lipinski definition) is 9. The standard InChI is InChI=1S/C22H27ClN3O9P/c1-13-17(10-26-7-5-19(24)25-21(26)28)34-18(20(13)35-22(29)30)11-32-12-36(31)33-8-6-16(27)14-3-2-4-15(23)9-14/h2-5,7,9,12-13,16-18,20,27H,6,8,10-11H2,1H3,(H,29,30)(H2,24,25,28)/p+1/t13-,16+,17?,18-,20+/m1/s1. The molecule has 1 aromatic heterocycles. The lowest BCUT2D eigenvalue weighted by Gasteiger charge is -2.19. The van der Waals surface area contributed by atoms with Gasteiger partial charge >= 0.3 is 11.8 Å². The zero-order valence-electron chi connectivity index (χ0n) is 19.4. The van der Waals surface area contributed by atoms with Crippen LogP contribution in [0.15, 0.2) is 41.3 Å². The van der Waals surface area contributed by atoms with Gasteiger partial charge in [0.05, 0.1) is 25.7 Å². The summed E-state index contributed by atoms with van der Waals surface area (Å²) < 4.78 is 22.8. The molecular formula is C22H28ClN3O9P+. The summed E-state index contributed by atoms with van der Waals surface area (Å²) in [6, 6.07) is 8.42. The molecule has 3 rings (SSSR count). The van der Waals surface area contributed by atoms with Crippen molar-refractivity contribution in [1.82, 2.24) is 9.55 Å². The van der Waals surface area contributed by atoms with Crippen LogP contribution in [0, 0.1) is 5.92 Å². The molecule has 1 saturated heterocycles. The summed E-state index contributed by atoms with van der Waals surface area (Å²) in [6.07, 6.45) is -2.55. The summed E-state index contributed by atoms with van der Waals surface area (Å²) in [7, 11) is -2.29. The summed E-state index contributed by atoms with van der Waals surface area (Å²) in [4.78, 5) is 39.0. The third kappa shape index (κ3) is 7.97. The Balaban J connectivity index is 1.52. The normalized spacial score (nSPS) is 22.9. The van der Waals surface area contributed by atoms with Crippen LogP contribution in [0.25, 0.3) is 0 Å². The molecule has 1 aliphatic rings. The Morgan fingerprint density at radius 2 is 2.22 bits per heavy atom. The maximum atomic E-state index is 12.1. The number of hydrogen-bond donors (Lipinski definition) is 2. The Labute approximate surface area is 212 Å². The van der Waals surface area contributed by atoms with Crippen molar-refractivity contribution in [3.63, 3.8) is 0 Å². The summed E-state index contributed by atoms with van der Waals surface area (Å²) in [5, 5.41) is 17.8. The van der Waals surface area contributed by atoms with Gasteiger partial charge in [-0.2, -0.15) is 9.51 Å². The molecule has 196 valence electrons. The Bertz CT molecular complexity index is 1130. The van der Waals surface area contributed by atoms with Crippen molar-refractivity contribution in [2.75, 3.05) is 18.9 Å². The molecule has 12 nitrogen and oxygen atoms in total. The van der Waals surface area contributed by atoms with E-state index in [9.17, 15) is 14.5 Å². The van der Waals surface area contributed by atoms with E-state index in [4.69, 9.17) is 46.3 Å². The van der Waals surface area contributed by atoms with Gasteiger partial charge in [0.15, 0.2) is 6.10 Å². The second-order valence-electron chi connectivity index (χ2n) is 8.16. The number of nitrogens with two attached hydrogens (primary N) is 1. The second kappa shape index (κ2) is 13.1. The van der Waals surface area contributed by atoms with Crippen molar-refractivity contribution in [2.45, 2.75) is 44.3 Å². The van der Waals surface area contributed by atoms with Gasteiger partial charge in [0, 0.05) is 22.7 Å². The molecule has 0 spiro atoms. The number of benzene rings is 1. The van der Waals surface area contributed by atoms with Gasteiger partial charge in [-0.3, -0.25) is 4.57 Å². The van der Waals surface area contributed by atoms with Crippen molar-refractivity contribution in [2.24, 2.45) is 5.92 Å². The third-order valence-corrected chi connectivity index (χ3v) is 6.62. The smallest absolute Gasteiger partial charge is 0.506 e. The van der Waals surface area contributed by atoms with Crippen molar-refractivity contribution < 1.29 is 38.6 Å².